The summed E-state index contributed by atoms with van der Waals surface area (Å²) >= 11 is 0. The fourth-order valence-electron chi connectivity index (χ4n) is 10.4. The first-order valence-corrected chi connectivity index (χ1v) is 33.1. The summed E-state index contributed by atoms with van der Waals surface area (Å²) in [6.45, 7) is 4.92. The molecule has 0 saturated heterocycles. The smallest absolute Gasteiger partial charge is 0.305 e. The Labute approximate surface area is 456 Å². The molecule has 432 valence electrons. The van der Waals surface area contributed by atoms with Crippen LogP contribution in [0, 0.1) is 0 Å². The lowest BCUT2D eigenvalue weighted by Gasteiger charge is -2.20. The fourth-order valence-corrected chi connectivity index (χ4v) is 10.4. The maximum Gasteiger partial charge on any atom is 0.305 e. The lowest BCUT2D eigenvalue weighted by atomic mass is 10.0. The van der Waals surface area contributed by atoms with Crippen LogP contribution < -0.4 is 5.32 Å². The van der Waals surface area contributed by atoms with E-state index in [-0.39, 0.29) is 18.5 Å². The number of carbonyl (C=O) groups is 2. The maximum absolute atomic E-state index is 12.4. The molecule has 0 spiro atoms. The number of amides is 1. The minimum atomic E-state index is -0.842. The zero-order valence-electron chi connectivity index (χ0n) is 49.4. The number of hydrogen-bond donors (Lipinski definition) is 3. The van der Waals surface area contributed by atoms with E-state index in [1.165, 1.54) is 302 Å². The standard InChI is InChI=1S/C67H129NO5/c1-3-5-7-9-11-13-15-16-17-34-37-41-45-49-53-57-61-67(72)73-62-58-54-50-46-42-38-35-32-30-28-26-24-22-20-18-19-21-23-25-27-29-31-33-36-40-44-48-52-56-60-66(71)68-64(63-69)65(70)59-55-51-47-43-39-14-12-10-8-6-4-2/h18,20,55,59,64-65,69-70H,3-17,19,21-54,56-58,60-63H2,1-2H3,(H,68,71)/b20-18-,59-55+. The first kappa shape index (κ1) is 71.3. The summed E-state index contributed by atoms with van der Waals surface area (Å²) in [7, 11) is 0. The predicted octanol–water partition coefficient (Wildman–Crippen LogP) is 21.0. The quantitative estimate of drug-likeness (QED) is 0.0320. The highest BCUT2D eigenvalue weighted by Crippen LogP contribution is 2.18. The second-order valence-electron chi connectivity index (χ2n) is 22.8. The van der Waals surface area contributed by atoms with Gasteiger partial charge in [0.25, 0.3) is 0 Å². The number of nitrogens with one attached hydrogen (secondary N) is 1. The first-order chi connectivity index (χ1) is 36.0. The van der Waals surface area contributed by atoms with Crippen molar-refractivity contribution in [3.8, 4) is 0 Å². The Morgan fingerprint density at radius 1 is 0.370 bits per heavy atom. The van der Waals surface area contributed by atoms with Gasteiger partial charge in [0, 0.05) is 12.8 Å². The number of allylic oxidation sites excluding steroid dienone is 3. The van der Waals surface area contributed by atoms with Crippen LogP contribution in [-0.2, 0) is 14.3 Å². The topological polar surface area (TPSA) is 95.9 Å². The molecule has 3 N–H and O–H groups in total. The van der Waals surface area contributed by atoms with Crippen LogP contribution in [-0.4, -0.2) is 47.4 Å². The Morgan fingerprint density at radius 3 is 0.973 bits per heavy atom. The van der Waals surface area contributed by atoms with E-state index in [1.807, 2.05) is 6.08 Å². The van der Waals surface area contributed by atoms with Gasteiger partial charge in [-0.2, -0.15) is 0 Å². The molecule has 1 amide bonds. The van der Waals surface area contributed by atoms with Gasteiger partial charge in [-0.25, -0.2) is 0 Å². The molecule has 0 aromatic carbocycles. The number of unbranched alkanes of at least 4 members (excludes halogenated alkanes) is 49. The maximum atomic E-state index is 12.4. The van der Waals surface area contributed by atoms with E-state index in [0.717, 1.165) is 38.5 Å². The Balaban J connectivity index is 3.35. The number of aliphatic hydroxyl groups excluding tert-OH is 2. The molecule has 0 bridgehead atoms. The molecule has 0 rings (SSSR count). The van der Waals surface area contributed by atoms with Crippen LogP contribution >= 0.6 is 0 Å². The highest BCUT2D eigenvalue weighted by atomic mass is 16.5. The first-order valence-electron chi connectivity index (χ1n) is 33.1. The zero-order chi connectivity index (χ0) is 52.9. The van der Waals surface area contributed by atoms with Crippen LogP contribution in [0.4, 0.5) is 0 Å². The third kappa shape index (κ3) is 59.4. The summed E-state index contributed by atoms with van der Waals surface area (Å²) < 4.78 is 5.50. The Bertz CT molecular complexity index is 1140. The minimum absolute atomic E-state index is 0.0200. The van der Waals surface area contributed by atoms with Crippen molar-refractivity contribution in [1.29, 1.82) is 0 Å². The van der Waals surface area contributed by atoms with E-state index in [0.29, 0.717) is 19.4 Å². The molecule has 73 heavy (non-hydrogen) atoms. The van der Waals surface area contributed by atoms with Crippen LogP contribution in [0.25, 0.3) is 0 Å². The highest BCUT2D eigenvalue weighted by Gasteiger charge is 2.18. The number of carbonyl (C=O) groups excluding carboxylic acids is 2. The van der Waals surface area contributed by atoms with Crippen LogP contribution in [0.3, 0.4) is 0 Å². The molecule has 0 saturated carbocycles. The van der Waals surface area contributed by atoms with Gasteiger partial charge in [0.05, 0.1) is 25.4 Å². The van der Waals surface area contributed by atoms with Crippen LogP contribution in [0.2, 0.25) is 0 Å². The average molecular weight is 1030 g/mol. The lowest BCUT2D eigenvalue weighted by Crippen LogP contribution is -2.45. The molecular formula is C67H129NO5. The highest BCUT2D eigenvalue weighted by molar-refractivity contribution is 5.76. The molecule has 0 radical (unpaired) electrons. The third-order valence-corrected chi connectivity index (χ3v) is 15.5. The molecule has 0 heterocycles. The van der Waals surface area contributed by atoms with Gasteiger partial charge in [-0.05, 0) is 57.8 Å². The van der Waals surface area contributed by atoms with E-state index < -0.39 is 12.1 Å². The SMILES string of the molecule is CCCCCCCCCCC/C=C/C(O)C(CO)NC(=O)CCCCCCCCCCCCCCC/C=C\CCCCCCCCCCCCCCOC(=O)CCCCCCCCCCCCCCCCCC. The van der Waals surface area contributed by atoms with Crippen molar-refractivity contribution in [3.05, 3.63) is 24.3 Å². The summed E-state index contributed by atoms with van der Waals surface area (Å²) in [4.78, 5) is 24.5. The van der Waals surface area contributed by atoms with E-state index >= 15 is 0 Å². The fraction of sp³-hybridized carbons (Fsp3) is 0.910. The van der Waals surface area contributed by atoms with Crippen molar-refractivity contribution in [2.75, 3.05) is 13.2 Å². The van der Waals surface area contributed by atoms with Gasteiger partial charge in [-0.3, -0.25) is 9.59 Å². The van der Waals surface area contributed by atoms with Gasteiger partial charge in [0.1, 0.15) is 0 Å². The van der Waals surface area contributed by atoms with Crippen molar-refractivity contribution in [3.63, 3.8) is 0 Å². The normalized spacial score (nSPS) is 12.7. The Kier molecular flexibility index (Phi) is 61.4. The minimum Gasteiger partial charge on any atom is -0.466 e. The predicted molar refractivity (Wildman–Crippen MR) is 320 cm³/mol. The Morgan fingerprint density at radius 2 is 0.644 bits per heavy atom. The van der Waals surface area contributed by atoms with Crippen molar-refractivity contribution >= 4 is 11.9 Å². The van der Waals surface area contributed by atoms with Gasteiger partial charge >= 0.3 is 5.97 Å². The average Bonchev–Trinajstić information content (AvgIpc) is 3.39. The summed E-state index contributed by atoms with van der Waals surface area (Å²) in [5.74, 6) is -0.0471. The second kappa shape index (κ2) is 62.9. The molecule has 2 unspecified atom stereocenters. The van der Waals surface area contributed by atoms with Gasteiger partial charge in [-0.1, -0.05) is 321 Å². The van der Waals surface area contributed by atoms with Gasteiger partial charge < -0.3 is 20.3 Å². The molecule has 6 heteroatoms. The molecule has 0 aromatic heterocycles. The number of ether oxygens (including phenoxy) is 1. The van der Waals surface area contributed by atoms with E-state index in [4.69, 9.17) is 4.74 Å². The van der Waals surface area contributed by atoms with Gasteiger partial charge in [0.15, 0.2) is 0 Å². The van der Waals surface area contributed by atoms with Crippen molar-refractivity contribution in [1.82, 2.24) is 5.32 Å². The molecule has 0 aliphatic heterocycles. The number of aliphatic hydroxyl groups is 2. The molecule has 0 aliphatic carbocycles. The summed E-state index contributed by atoms with van der Waals surface area (Å²) in [5.41, 5.74) is 0. The van der Waals surface area contributed by atoms with Crippen molar-refractivity contribution in [2.24, 2.45) is 0 Å². The third-order valence-electron chi connectivity index (χ3n) is 15.5. The van der Waals surface area contributed by atoms with Crippen LogP contribution in [0.15, 0.2) is 24.3 Å². The van der Waals surface area contributed by atoms with Crippen LogP contribution in [0.5, 0.6) is 0 Å². The largest absolute Gasteiger partial charge is 0.466 e. The summed E-state index contributed by atoms with van der Waals surface area (Å²) in [6.07, 6.45) is 78.2. The second-order valence-corrected chi connectivity index (χ2v) is 22.8. The summed E-state index contributed by atoms with van der Waals surface area (Å²) in [5, 5.41) is 23.0. The molecule has 2 atom stereocenters. The van der Waals surface area contributed by atoms with Crippen LogP contribution in [0.1, 0.15) is 367 Å². The van der Waals surface area contributed by atoms with Gasteiger partial charge in [0.2, 0.25) is 5.91 Å². The monoisotopic (exact) mass is 1030 g/mol. The number of rotatable bonds is 62. The molecule has 0 aromatic rings. The molecule has 6 nitrogen and oxygen atoms in total. The van der Waals surface area contributed by atoms with Gasteiger partial charge in [-0.15, -0.1) is 0 Å². The van der Waals surface area contributed by atoms with Crippen molar-refractivity contribution < 1.29 is 24.5 Å². The Hall–Kier alpha value is -1.66. The zero-order valence-corrected chi connectivity index (χ0v) is 49.4. The number of hydrogen-bond acceptors (Lipinski definition) is 5. The summed E-state index contributed by atoms with van der Waals surface area (Å²) in [6, 6.07) is -0.625. The molecule has 0 fully saturated rings. The molecular weight excluding hydrogens is 899 g/mol. The molecule has 0 aliphatic rings. The van der Waals surface area contributed by atoms with E-state index in [1.54, 1.807) is 6.08 Å². The van der Waals surface area contributed by atoms with E-state index in [9.17, 15) is 19.8 Å². The lowest BCUT2D eigenvalue weighted by molar-refractivity contribution is -0.143. The van der Waals surface area contributed by atoms with E-state index in [2.05, 4.69) is 31.3 Å². The number of esters is 1. The van der Waals surface area contributed by atoms with Crippen molar-refractivity contribution in [2.45, 2.75) is 379 Å².